The monoisotopic (exact) mass is 749 g/mol. The summed E-state index contributed by atoms with van der Waals surface area (Å²) in [6, 6.07) is 18.9. The Hall–Kier alpha value is -4.21. The zero-order chi connectivity index (χ0) is 39.1. The Bertz CT molecular complexity index is 1410. The second-order valence-electron chi connectivity index (χ2n) is 14.7. The largest absolute Gasteiger partial charge is 0.353 e. The number of carbonyl (C=O) groups is 5. The van der Waals surface area contributed by atoms with Crippen LogP contribution in [-0.2, 0) is 36.8 Å². The third-order valence-corrected chi connectivity index (χ3v) is 9.37. The number of nitrogens with two attached hydrogens (primary N) is 1. The minimum Gasteiger partial charge on any atom is -0.353 e. The summed E-state index contributed by atoms with van der Waals surface area (Å²) in [5.41, 5.74) is 7.07. The summed E-state index contributed by atoms with van der Waals surface area (Å²) in [5.74, 6) is -0.622. The van der Waals surface area contributed by atoms with Gasteiger partial charge in [-0.15, -0.1) is 0 Å². The van der Waals surface area contributed by atoms with Gasteiger partial charge in [-0.3, -0.25) is 19.2 Å². The van der Waals surface area contributed by atoms with E-state index in [2.05, 4.69) is 42.5 Å². The number of carbonyl (C=O) groups excluding carboxylic acids is 5. The second kappa shape index (κ2) is 24.2. The van der Waals surface area contributed by atoms with Crippen LogP contribution in [0.15, 0.2) is 60.7 Å². The molecule has 2 atom stereocenters. The highest BCUT2D eigenvalue weighted by atomic mass is 16.2. The van der Waals surface area contributed by atoms with Gasteiger partial charge in [-0.2, -0.15) is 0 Å². The van der Waals surface area contributed by atoms with Gasteiger partial charge >= 0.3 is 0 Å². The standard InChI is InChI=1S/C40H63N9O5/c1-31(23-32-11-5-3-6-12-32)46-35(51)15-9-17-37(53)48-39(2)27-42-19-21-44-29-40(26-41,30-45-22-20-43-28-39)49-38(54)18-10-16-36(52)47-34(25-50)24-33-13-7-4-8-14-33/h3-8,11-14,25,31,34,42-45H,9-10,15-24,26-30,41H2,1-2H3,(H,46,51)(H,47,52)(H,48,53)(H,49,54). The van der Waals surface area contributed by atoms with Gasteiger partial charge in [0, 0.05) is 90.6 Å². The molecule has 54 heavy (non-hydrogen) atoms. The van der Waals surface area contributed by atoms with Gasteiger partial charge in [0.1, 0.15) is 6.29 Å². The molecule has 1 aliphatic rings. The van der Waals surface area contributed by atoms with E-state index in [4.69, 9.17) is 5.73 Å². The molecule has 10 N–H and O–H groups in total. The van der Waals surface area contributed by atoms with Crippen molar-refractivity contribution >= 4 is 29.9 Å². The van der Waals surface area contributed by atoms with Crippen molar-refractivity contribution in [3.05, 3.63) is 71.8 Å². The number of benzene rings is 2. The molecule has 3 rings (SSSR count). The Morgan fingerprint density at radius 2 is 1.11 bits per heavy atom. The number of aldehydes is 1. The lowest BCUT2D eigenvalue weighted by atomic mass is 9.98. The molecule has 14 nitrogen and oxygen atoms in total. The molecule has 1 fully saturated rings. The van der Waals surface area contributed by atoms with Crippen LogP contribution < -0.4 is 48.3 Å². The zero-order valence-corrected chi connectivity index (χ0v) is 32.1. The topological polar surface area (TPSA) is 208 Å². The second-order valence-corrected chi connectivity index (χ2v) is 14.7. The van der Waals surface area contributed by atoms with Crippen LogP contribution in [0.5, 0.6) is 0 Å². The first-order valence-corrected chi connectivity index (χ1v) is 19.3. The fraction of sp³-hybridized carbons (Fsp3) is 0.575. The van der Waals surface area contributed by atoms with Gasteiger partial charge in [0.15, 0.2) is 0 Å². The first-order chi connectivity index (χ1) is 26.0. The lowest BCUT2D eigenvalue weighted by Gasteiger charge is -2.35. The molecule has 4 amide bonds. The van der Waals surface area contributed by atoms with Gasteiger partial charge in [0.2, 0.25) is 23.6 Å². The van der Waals surface area contributed by atoms with Crippen molar-refractivity contribution < 1.29 is 24.0 Å². The number of hydrogen-bond acceptors (Lipinski definition) is 10. The normalized spacial score (nSPS) is 21.0. The van der Waals surface area contributed by atoms with Gasteiger partial charge in [-0.1, -0.05) is 60.7 Å². The minimum absolute atomic E-state index is 0.0101. The summed E-state index contributed by atoms with van der Waals surface area (Å²) in [5, 5.41) is 25.7. The van der Waals surface area contributed by atoms with Crippen LogP contribution in [0.25, 0.3) is 0 Å². The third kappa shape index (κ3) is 17.7. The van der Waals surface area contributed by atoms with E-state index in [1.165, 1.54) is 5.56 Å². The van der Waals surface area contributed by atoms with Gasteiger partial charge < -0.3 is 53.1 Å². The molecule has 0 aliphatic carbocycles. The highest BCUT2D eigenvalue weighted by Gasteiger charge is 2.31. The van der Waals surface area contributed by atoms with Crippen LogP contribution in [0.3, 0.4) is 0 Å². The van der Waals surface area contributed by atoms with Crippen LogP contribution in [0, 0.1) is 0 Å². The molecule has 2 aromatic carbocycles. The number of hydrogen-bond donors (Lipinski definition) is 9. The molecule has 14 heteroatoms. The average Bonchev–Trinajstić information content (AvgIpc) is 3.14. The molecule has 2 unspecified atom stereocenters. The summed E-state index contributed by atoms with van der Waals surface area (Å²) in [6.07, 6.45) is 3.53. The lowest BCUT2D eigenvalue weighted by Crippen LogP contribution is -2.65. The van der Waals surface area contributed by atoms with Gasteiger partial charge in [0.25, 0.3) is 0 Å². The fourth-order valence-electron chi connectivity index (χ4n) is 6.46. The van der Waals surface area contributed by atoms with Crippen LogP contribution >= 0.6 is 0 Å². The smallest absolute Gasteiger partial charge is 0.220 e. The molecular formula is C40H63N9O5. The van der Waals surface area contributed by atoms with Crippen LogP contribution in [0.1, 0.15) is 63.5 Å². The lowest BCUT2D eigenvalue weighted by molar-refractivity contribution is -0.126. The molecule has 0 spiro atoms. The first-order valence-electron chi connectivity index (χ1n) is 19.3. The van der Waals surface area contributed by atoms with Crippen LogP contribution in [-0.4, -0.2) is 112 Å². The van der Waals surface area contributed by atoms with E-state index in [1.54, 1.807) is 0 Å². The van der Waals surface area contributed by atoms with E-state index in [1.807, 2.05) is 74.5 Å². The highest BCUT2D eigenvalue weighted by Crippen LogP contribution is 2.08. The van der Waals surface area contributed by atoms with E-state index < -0.39 is 17.1 Å². The number of rotatable bonds is 18. The molecule has 0 aromatic heterocycles. The van der Waals surface area contributed by atoms with Crippen molar-refractivity contribution in [2.24, 2.45) is 5.73 Å². The number of nitrogens with one attached hydrogen (secondary N) is 8. The van der Waals surface area contributed by atoms with E-state index in [9.17, 15) is 24.0 Å². The van der Waals surface area contributed by atoms with E-state index in [0.29, 0.717) is 71.6 Å². The summed E-state index contributed by atoms with van der Waals surface area (Å²) in [6.45, 7) is 8.58. The molecule has 0 bridgehead atoms. The summed E-state index contributed by atoms with van der Waals surface area (Å²) in [4.78, 5) is 62.5. The minimum atomic E-state index is -0.735. The van der Waals surface area contributed by atoms with Crippen molar-refractivity contribution in [2.75, 3.05) is 58.9 Å². The summed E-state index contributed by atoms with van der Waals surface area (Å²) >= 11 is 0. The van der Waals surface area contributed by atoms with E-state index >= 15 is 0 Å². The maximum absolute atomic E-state index is 13.0. The maximum Gasteiger partial charge on any atom is 0.220 e. The molecule has 298 valence electrons. The molecule has 1 saturated heterocycles. The van der Waals surface area contributed by atoms with E-state index in [-0.39, 0.29) is 61.9 Å². The van der Waals surface area contributed by atoms with Crippen molar-refractivity contribution in [3.8, 4) is 0 Å². The Balaban J connectivity index is 1.37. The number of amides is 4. The van der Waals surface area contributed by atoms with Crippen molar-refractivity contribution in [1.29, 1.82) is 0 Å². The predicted molar refractivity (Wildman–Crippen MR) is 212 cm³/mol. The molecular weight excluding hydrogens is 686 g/mol. The zero-order valence-electron chi connectivity index (χ0n) is 32.1. The van der Waals surface area contributed by atoms with Gasteiger partial charge in [-0.05, 0) is 50.7 Å². The van der Waals surface area contributed by atoms with Gasteiger partial charge in [-0.25, -0.2) is 0 Å². The molecule has 1 heterocycles. The molecule has 1 aliphatic heterocycles. The third-order valence-electron chi connectivity index (χ3n) is 9.37. The first kappa shape index (κ1) is 44.2. The molecule has 0 saturated carbocycles. The quantitative estimate of drug-likeness (QED) is 0.0938. The van der Waals surface area contributed by atoms with Crippen LogP contribution in [0.4, 0.5) is 0 Å². The average molecular weight is 750 g/mol. The predicted octanol–water partition coefficient (Wildman–Crippen LogP) is 0.0614. The Labute approximate surface area is 320 Å². The molecule has 2 aromatic rings. The summed E-state index contributed by atoms with van der Waals surface area (Å²) < 4.78 is 0. The SMILES string of the molecule is CC(Cc1ccccc1)NC(=O)CCCC(=O)NC1(C)CNCCNCC(CN)(NC(=O)CCCC(=O)NC(C=O)Cc2ccccc2)CNCCNC1. The van der Waals surface area contributed by atoms with E-state index in [0.717, 1.165) is 18.3 Å². The highest BCUT2D eigenvalue weighted by molar-refractivity contribution is 5.81. The Morgan fingerprint density at radius 1 is 0.667 bits per heavy atom. The Kier molecular flexibility index (Phi) is 19.8. The van der Waals surface area contributed by atoms with Crippen molar-refractivity contribution in [3.63, 3.8) is 0 Å². The van der Waals surface area contributed by atoms with Gasteiger partial charge in [0.05, 0.1) is 17.1 Å². The Morgan fingerprint density at radius 3 is 1.61 bits per heavy atom. The van der Waals surface area contributed by atoms with Crippen molar-refractivity contribution in [2.45, 2.75) is 88.4 Å². The van der Waals surface area contributed by atoms with Crippen molar-refractivity contribution in [1.82, 2.24) is 42.5 Å². The van der Waals surface area contributed by atoms with Crippen LogP contribution in [0.2, 0.25) is 0 Å². The maximum atomic E-state index is 13.0. The summed E-state index contributed by atoms with van der Waals surface area (Å²) in [7, 11) is 0. The molecule has 0 radical (unpaired) electrons. The fourth-order valence-corrected chi connectivity index (χ4v) is 6.46.